The van der Waals surface area contributed by atoms with Gasteiger partial charge in [0.25, 0.3) is 15.7 Å². The molecule has 0 saturated carbocycles. The number of nitrogens with one attached hydrogen (secondary N) is 2. The molecular weight excluding hydrogens is 272 g/mol. The van der Waals surface area contributed by atoms with Crippen LogP contribution >= 0.6 is 0 Å². The van der Waals surface area contributed by atoms with Gasteiger partial charge >= 0.3 is 5.69 Å². The van der Waals surface area contributed by atoms with Crippen LogP contribution in [0.5, 0.6) is 0 Å². The van der Waals surface area contributed by atoms with Gasteiger partial charge in [0.1, 0.15) is 4.90 Å². The van der Waals surface area contributed by atoms with Crippen molar-refractivity contribution in [1.82, 2.24) is 9.97 Å². The van der Waals surface area contributed by atoms with Crippen LogP contribution in [0, 0.1) is 0 Å². The van der Waals surface area contributed by atoms with Gasteiger partial charge in [-0.3, -0.25) is 14.3 Å². The first kappa shape index (κ1) is 13.5. The van der Waals surface area contributed by atoms with Gasteiger partial charge in [0.2, 0.25) is 0 Å². The van der Waals surface area contributed by atoms with Crippen LogP contribution in [0.3, 0.4) is 0 Å². The lowest BCUT2D eigenvalue weighted by Gasteiger charge is -2.06. The number of aryl methyl sites for hydroxylation is 1. The summed E-state index contributed by atoms with van der Waals surface area (Å²) < 4.78 is 31.9. The van der Waals surface area contributed by atoms with E-state index in [9.17, 15) is 22.6 Å². The number of fused-ring (bicyclic) bond motifs is 1. The van der Waals surface area contributed by atoms with E-state index in [1.165, 1.54) is 12.1 Å². The smallest absolute Gasteiger partial charge is 0.307 e. The monoisotopic (exact) mass is 284 g/mol. The second kappa shape index (κ2) is 4.63. The highest BCUT2D eigenvalue weighted by molar-refractivity contribution is 7.86. The third-order valence-corrected chi connectivity index (χ3v) is 3.56. The molecule has 8 heteroatoms. The number of benzene rings is 1. The summed E-state index contributed by atoms with van der Waals surface area (Å²) in [5.74, 6) is 0. The molecular formula is C11H12N2O5S. The molecule has 19 heavy (non-hydrogen) atoms. The van der Waals surface area contributed by atoms with Crippen molar-refractivity contribution in [1.29, 1.82) is 0 Å². The Morgan fingerprint density at radius 1 is 1.21 bits per heavy atom. The van der Waals surface area contributed by atoms with Crippen molar-refractivity contribution < 1.29 is 13.0 Å². The van der Waals surface area contributed by atoms with E-state index in [2.05, 4.69) is 4.98 Å². The van der Waals surface area contributed by atoms with Gasteiger partial charge < -0.3 is 4.98 Å². The van der Waals surface area contributed by atoms with Gasteiger partial charge in [-0.15, -0.1) is 0 Å². The molecule has 0 aliphatic carbocycles. The number of hydrogen-bond donors (Lipinski definition) is 3. The van der Waals surface area contributed by atoms with E-state index in [-0.39, 0.29) is 10.9 Å². The molecule has 2 rings (SSSR count). The Morgan fingerprint density at radius 2 is 1.89 bits per heavy atom. The molecule has 0 bridgehead atoms. The third-order valence-electron chi connectivity index (χ3n) is 2.68. The average molecular weight is 284 g/mol. The van der Waals surface area contributed by atoms with Gasteiger partial charge in [-0.25, -0.2) is 4.79 Å². The molecule has 0 aliphatic heterocycles. The molecule has 0 saturated heterocycles. The minimum atomic E-state index is -4.55. The molecule has 0 unspecified atom stereocenters. The second-order valence-corrected chi connectivity index (χ2v) is 5.54. The Bertz CT molecular complexity index is 847. The van der Waals surface area contributed by atoms with Crippen molar-refractivity contribution in [2.45, 2.75) is 24.7 Å². The van der Waals surface area contributed by atoms with E-state index in [1.807, 2.05) is 11.9 Å². The van der Waals surface area contributed by atoms with E-state index in [1.54, 1.807) is 0 Å². The first-order valence-corrected chi connectivity index (χ1v) is 7.03. The molecule has 102 valence electrons. The molecule has 1 aromatic heterocycles. The maximum atomic E-state index is 11.7. The fourth-order valence-electron chi connectivity index (χ4n) is 1.96. The number of rotatable bonds is 3. The summed E-state index contributed by atoms with van der Waals surface area (Å²) in [6, 6.07) is 2.78. The number of aromatic amines is 2. The fraction of sp³-hybridized carbons (Fsp3) is 0.273. The molecule has 7 nitrogen and oxygen atoms in total. The molecule has 0 amide bonds. The highest BCUT2D eigenvalue weighted by atomic mass is 32.2. The Kier molecular flexibility index (Phi) is 3.29. The Labute approximate surface area is 108 Å². The van der Waals surface area contributed by atoms with Gasteiger partial charge in [-0.05, 0) is 24.1 Å². The van der Waals surface area contributed by atoms with Gasteiger partial charge in [0.15, 0.2) is 0 Å². The summed E-state index contributed by atoms with van der Waals surface area (Å²) in [6.07, 6.45) is 1.32. The minimum absolute atomic E-state index is 0.0901. The predicted octanol–water partition coefficient (Wildman–Crippen LogP) is 0.416. The Morgan fingerprint density at radius 3 is 2.47 bits per heavy atom. The van der Waals surface area contributed by atoms with E-state index in [0.717, 1.165) is 6.42 Å². The molecule has 0 spiro atoms. The lowest BCUT2D eigenvalue weighted by atomic mass is 10.1. The van der Waals surface area contributed by atoms with Crippen LogP contribution in [0.15, 0.2) is 26.6 Å². The minimum Gasteiger partial charge on any atom is -0.307 e. The molecule has 1 aromatic carbocycles. The van der Waals surface area contributed by atoms with Crippen molar-refractivity contribution in [2.75, 3.05) is 0 Å². The first-order chi connectivity index (χ1) is 8.82. The van der Waals surface area contributed by atoms with Crippen LogP contribution in [0.25, 0.3) is 10.9 Å². The van der Waals surface area contributed by atoms with Crippen LogP contribution in [0.4, 0.5) is 0 Å². The zero-order chi connectivity index (χ0) is 14.2. The third kappa shape index (κ3) is 2.59. The molecule has 0 aliphatic rings. The van der Waals surface area contributed by atoms with E-state index >= 15 is 0 Å². The van der Waals surface area contributed by atoms with Gasteiger partial charge in [-0.2, -0.15) is 8.42 Å². The number of H-pyrrole nitrogens is 2. The average Bonchev–Trinajstić information content (AvgIpc) is 2.26. The van der Waals surface area contributed by atoms with Crippen LogP contribution in [0.1, 0.15) is 18.9 Å². The van der Waals surface area contributed by atoms with Crippen LogP contribution < -0.4 is 11.2 Å². The van der Waals surface area contributed by atoms with Crippen molar-refractivity contribution in [2.24, 2.45) is 0 Å². The van der Waals surface area contributed by atoms with E-state index in [4.69, 9.17) is 0 Å². The molecule has 2 aromatic rings. The Balaban J connectivity index is 2.99. The summed E-state index contributed by atoms with van der Waals surface area (Å²) in [4.78, 5) is 26.7. The van der Waals surface area contributed by atoms with Crippen molar-refractivity contribution in [3.8, 4) is 0 Å². The number of aromatic nitrogens is 2. The van der Waals surface area contributed by atoms with E-state index < -0.39 is 26.3 Å². The molecule has 0 atom stereocenters. The predicted molar refractivity (Wildman–Crippen MR) is 69.0 cm³/mol. The number of hydrogen-bond acceptors (Lipinski definition) is 4. The Hall–Kier alpha value is -1.93. The summed E-state index contributed by atoms with van der Waals surface area (Å²) in [6.45, 7) is 1.90. The second-order valence-electron chi connectivity index (χ2n) is 4.15. The largest absolute Gasteiger partial charge is 0.326 e. The lowest BCUT2D eigenvalue weighted by molar-refractivity contribution is 0.484. The lowest BCUT2D eigenvalue weighted by Crippen LogP contribution is -2.23. The van der Waals surface area contributed by atoms with Gasteiger partial charge in [0, 0.05) is 0 Å². The first-order valence-electron chi connectivity index (χ1n) is 5.59. The summed E-state index contributed by atoms with van der Waals surface area (Å²) in [7, 11) is -4.55. The standard InChI is InChI=1S/C11H12N2O5S/c1-2-3-6-4-7-9(8(5-6)19(16,17)18)10(14)13-11(15)12-7/h4-5H,2-3H2,1H3,(H,16,17,18)(H2,12,13,14,15). The quantitative estimate of drug-likeness (QED) is 0.705. The molecule has 0 fully saturated rings. The zero-order valence-corrected chi connectivity index (χ0v) is 10.9. The van der Waals surface area contributed by atoms with Crippen molar-refractivity contribution in [3.05, 3.63) is 38.5 Å². The summed E-state index contributed by atoms with van der Waals surface area (Å²) >= 11 is 0. The van der Waals surface area contributed by atoms with E-state index in [0.29, 0.717) is 12.0 Å². The summed E-state index contributed by atoms with van der Waals surface area (Å²) in [5, 5.41) is -0.248. The normalized spacial score (nSPS) is 11.9. The van der Waals surface area contributed by atoms with Crippen LogP contribution in [-0.2, 0) is 16.5 Å². The highest BCUT2D eigenvalue weighted by Gasteiger charge is 2.18. The van der Waals surface area contributed by atoms with Crippen molar-refractivity contribution in [3.63, 3.8) is 0 Å². The van der Waals surface area contributed by atoms with Gasteiger partial charge in [-0.1, -0.05) is 13.3 Å². The fourth-order valence-corrected chi connectivity index (χ4v) is 2.72. The topological polar surface area (TPSA) is 120 Å². The van der Waals surface area contributed by atoms with Gasteiger partial charge in [0.05, 0.1) is 10.9 Å². The maximum absolute atomic E-state index is 11.7. The van der Waals surface area contributed by atoms with Crippen LogP contribution in [0.2, 0.25) is 0 Å². The summed E-state index contributed by atoms with van der Waals surface area (Å²) in [5.41, 5.74) is -0.877. The van der Waals surface area contributed by atoms with Crippen molar-refractivity contribution >= 4 is 21.0 Å². The maximum Gasteiger partial charge on any atom is 0.326 e. The van der Waals surface area contributed by atoms with Crippen LogP contribution in [-0.4, -0.2) is 22.9 Å². The highest BCUT2D eigenvalue weighted by Crippen LogP contribution is 2.21. The molecule has 1 heterocycles. The SMILES string of the molecule is CCCc1cc(S(=O)(=O)O)c2c(=O)[nH]c(=O)[nH]c2c1. The molecule has 3 N–H and O–H groups in total. The zero-order valence-electron chi connectivity index (χ0n) is 10.1. The molecule has 0 radical (unpaired) electrons.